The summed E-state index contributed by atoms with van der Waals surface area (Å²) >= 11 is 6.11. The van der Waals surface area contributed by atoms with Gasteiger partial charge in [-0.15, -0.1) is 0 Å². The predicted octanol–water partition coefficient (Wildman–Crippen LogP) is 1.94. The monoisotopic (exact) mass is 263 g/mol. The van der Waals surface area contributed by atoms with E-state index in [1.807, 2.05) is 26.0 Å². The van der Waals surface area contributed by atoms with Crippen molar-refractivity contribution in [2.75, 3.05) is 0 Å². The van der Waals surface area contributed by atoms with Crippen molar-refractivity contribution in [1.82, 2.24) is 15.0 Å². The normalized spacial score (nSPS) is 14.4. The summed E-state index contributed by atoms with van der Waals surface area (Å²) in [4.78, 5) is 1.46. The van der Waals surface area contributed by atoms with E-state index in [1.165, 1.54) is 4.80 Å². The van der Waals surface area contributed by atoms with Gasteiger partial charge in [-0.1, -0.05) is 11.6 Å². The second-order valence-electron chi connectivity index (χ2n) is 4.76. The predicted molar refractivity (Wildman–Crippen MR) is 70.2 cm³/mol. The summed E-state index contributed by atoms with van der Waals surface area (Å²) in [5.74, 6) is 0. The van der Waals surface area contributed by atoms with Crippen molar-refractivity contribution < 1.29 is 0 Å². The Morgan fingerprint density at radius 3 is 2.67 bits per heavy atom. The zero-order chi connectivity index (χ0) is 13.5. The second-order valence-corrected chi connectivity index (χ2v) is 5.16. The summed E-state index contributed by atoms with van der Waals surface area (Å²) in [6.07, 6.45) is 0. The number of hydrogen-bond donors (Lipinski definition) is 1. The molecule has 0 saturated heterocycles. The molecular weight excluding hydrogens is 250 g/mol. The zero-order valence-electron chi connectivity index (χ0n) is 10.5. The first-order chi connectivity index (χ1) is 8.34. The van der Waals surface area contributed by atoms with Gasteiger partial charge in [0.05, 0.1) is 12.6 Å². The van der Waals surface area contributed by atoms with Gasteiger partial charge < -0.3 is 5.73 Å². The summed E-state index contributed by atoms with van der Waals surface area (Å²) < 4.78 is 0. The maximum atomic E-state index is 8.92. The van der Waals surface area contributed by atoms with Gasteiger partial charge in [0.1, 0.15) is 16.6 Å². The van der Waals surface area contributed by atoms with Gasteiger partial charge in [0.15, 0.2) is 0 Å². The van der Waals surface area contributed by atoms with Gasteiger partial charge in [0.25, 0.3) is 0 Å². The third kappa shape index (κ3) is 2.17. The second kappa shape index (κ2) is 4.23. The van der Waals surface area contributed by atoms with Crippen molar-refractivity contribution in [3.8, 4) is 6.07 Å². The molecule has 0 amide bonds. The average molecular weight is 264 g/mol. The minimum Gasteiger partial charge on any atom is -0.312 e. The molecule has 5 nitrogen and oxygen atoms in total. The molecule has 1 aromatic carbocycles. The number of nitrogens with two attached hydrogens (primary N) is 1. The highest BCUT2D eigenvalue weighted by atomic mass is 35.5. The molecule has 0 aliphatic rings. The third-order valence-corrected chi connectivity index (χ3v) is 3.20. The van der Waals surface area contributed by atoms with Gasteiger partial charge in [-0.05, 0) is 38.0 Å². The Morgan fingerprint density at radius 2 is 2.06 bits per heavy atom. The van der Waals surface area contributed by atoms with Crippen molar-refractivity contribution in [2.24, 2.45) is 5.73 Å². The van der Waals surface area contributed by atoms with Crippen molar-refractivity contribution >= 4 is 22.6 Å². The number of nitrogens with zero attached hydrogens (tertiary/aromatic N) is 4. The minimum atomic E-state index is -0.985. The molecule has 6 heteroatoms. The summed E-state index contributed by atoms with van der Waals surface area (Å²) in [7, 11) is 0. The molecule has 2 N–H and O–H groups in total. The number of halogens is 1. The van der Waals surface area contributed by atoms with E-state index in [1.54, 1.807) is 6.92 Å². The van der Waals surface area contributed by atoms with Gasteiger partial charge >= 0.3 is 0 Å². The van der Waals surface area contributed by atoms with E-state index >= 15 is 0 Å². The maximum absolute atomic E-state index is 8.92. The lowest BCUT2D eigenvalue weighted by Gasteiger charge is -2.13. The van der Waals surface area contributed by atoms with Gasteiger partial charge in [-0.25, -0.2) is 0 Å². The fourth-order valence-corrected chi connectivity index (χ4v) is 2.00. The first-order valence-corrected chi connectivity index (χ1v) is 5.92. The minimum absolute atomic E-state index is 0.245. The number of nitriles is 1. The quantitative estimate of drug-likeness (QED) is 0.898. The fourth-order valence-electron chi connectivity index (χ4n) is 1.75. The molecule has 0 radical (unpaired) electrons. The van der Waals surface area contributed by atoms with Crippen molar-refractivity contribution in [3.63, 3.8) is 0 Å². The highest BCUT2D eigenvalue weighted by Crippen LogP contribution is 2.26. The number of rotatable bonds is 2. The van der Waals surface area contributed by atoms with E-state index in [0.717, 1.165) is 22.2 Å². The Bertz CT molecular complexity index is 651. The highest BCUT2D eigenvalue weighted by molar-refractivity contribution is 6.32. The molecule has 1 unspecified atom stereocenters. The lowest BCUT2D eigenvalue weighted by molar-refractivity contribution is 0.423. The van der Waals surface area contributed by atoms with Crippen LogP contribution in [0, 0.1) is 25.2 Å². The van der Waals surface area contributed by atoms with Crippen LogP contribution in [0.4, 0.5) is 0 Å². The van der Waals surface area contributed by atoms with E-state index in [4.69, 9.17) is 22.6 Å². The Labute approximate surface area is 110 Å². The van der Waals surface area contributed by atoms with Gasteiger partial charge in [0, 0.05) is 5.02 Å². The number of benzene rings is 1. The molecule has 2 aromatic rings. The van der Waals surface area contributed by atoms with Crippen LogP contribution in [-0.4, -0.2) is 20.5 Å². The zero-order valence-corrected chi connectivity index (χ0v) is 11.3. The molecule has 0 aliphatic heterocycles. The Balaban J connectivity index is 2.55. The van der Waals surface area contributed by atoms with Crippen molar-refractivity contribution in [2.45, 2.75) is 32.9 Å². The van der Waals surface area contributed by atoms with Crippen LogP contribution in [0.25, 0.3) is 11.0 Å². The number of hydrogen-bond acceptors (Lipinski definition) is 4. The molecule has 2 rings (SSSR count). The van der Waals surface area contributed by atoms with E-state index < -0.39 is 5.54 Å². The van der Waals surface area contributed by atoms with Crippen LogP contribution in [0.15, 0.2) is 6.07 Å². The largest absolute Gasteiger partial charge is 0.312 e. The molecule has 1 heterocycles. The maximum Gasteiger partial charge on any atom is 0.122 e. The lowest BCUT2D eigenvalue weighted by atomic mass is 10.1. The van der Waals surface area contributed by atoms with Crippen LogP contribution in [-0.2, 0) is 6.54 Å². The number of aryl methyl sites for hydroxylation is 2. The standard InChI is InChI=1S/C12H14ClN5/c1-7-4-9(13)8(2)11-10(7)16-18(17-11)6-12(3,15)5-14/h4H,6,15H2,1-3H3. The lowest BCUT2D eigenvalue weighted by Crippen LogP contribution is -2.39. The topological polar surface area (TPSA) is 80.5 Å². The van der Waals surface area contributed by atoms with Gasteiger partial charge in [0.2, 0.25) is 0 Å². The van der Waals surface area contributed by atoms with Crippen molar-refractivity contribution in [1.29, 1.82) is 5.26 Å². The third-order valence-electron chi connectivity index (χ3n) is 2.81. The van der Waals surface area contributed by atoms with E-state index in [0.29, 0.717) is 5.02 Å². The molecule has 1 atom stereocenters. The molecule has 18 heavy (non-hydrogen) atoms. The molecule has 0 bridgehead atoms. The molecular formula is C12H14ClN5. The van der Waals surface area contributed by atoms with Crippen LogP contribution in [0.5, 0.6) is 0 Å². The van der Waals surface area contributed by atoms with E-state index in [-0.39, 0.29) is 6.54 Å². The Morgan fingerprint density at radius 1 is 1.44 bits per heavy atom. The molecule has 94 valence electrons. The summed E-state index contributed by atoms with van der Waals surface area (Å²) in [6, 6.07) is 3.89. The molecule has 0 saturated carbocycles. The summed E-state index contributed by atoms with van der Waals surface area (Å²) in [5.41, 5.74) is 8.21. The molecule has 0 fully saturated rings. The van der Waals surface area contributed by atoms with Crippen LogP contribution >= 0.6 is 11.6 Å². The van der Waals surface area contributed by atoms with E-state index in [2.05, 4.69) is 10.2 Å². The summed E-state index contributed by atoms with van der Waals surface area (Å²) in [6.45, 7) is 5.72. The smallest absolute Gasteiger partial charge is 0.122 e. The Hall–Kier alpha value is -1.64. The molecule has 0 aliphatic carbocycles. The summed E-state index contributed by atoms with van der Waals surface area (Å²) in [5, 5.41) is 18.3. The fraction of sp³-hybridized carbons (Fsp3) is 0.417. The van der Waals surface area contributed by atoms with Gasteiger partial charge in [-0.2, -0.15) is 20.3 Å². The SMILES string of the molecule is Cc1cc(Cl)c(C)c2nn(CC(C)(N)C#N)nc12. The first kappa shape index (κ1) is 12.8. The van der Waals surface area contributed by atoms with Crippen LogP contribution < -0.4 is 5.73 Å². The molecule has 1 aromatic heterocycles. The van der Waals surface area contributed by atoms with Crippen molar-refractivity contribution in [3.05, 3.63) is 22.2 Å². The van der Waals surface area contributed by atoms with Crippen LogP contribution in [0.1, 0.15) is 18.1 Å². The molecule has 0 spiro atoms. The van der Waals surface area contributed by atoms with E-state index in [9.17, 15) is 0 Å². The van der Waals surface area contributed by atoms with Crippen LogP contribution in [0.3, 0.4) is 0 Å². The van der Waals surface area contributed by atoms with Crippen LogP contribution in [0.2, 0.25) is 5.02 Å². The Kier molecular flexibility index (Phi) is 3.01. The van der Waals surface area contributed by atoms with Gasteiger partial charge in [-0.3, -0.25) is 0 Å². The number of aromatic nitrogens is 3. The highest BCUT2D eigenvalue weighted by Gasteiger charge is 2.20. The number of fused-ring (bicyclic) bond motifs is 1. The average Bonchev–Trinajstić information content (AvgIpc) is 2.70. The first-order valence-electron chi connectivity index (χ1n) is 5.55.